The fourth-order valence-electron chi connectivity index (χ4n) is 2.98. The summed E-state index contributed by atoms with van der Waals surface area (Å²) in [7, 11) is -4.02. The molecule has 0 saturated heterocycles. The van der Waals surface area contributed by atoms with Gasteiger partial charge in [0.25, 0.3) is 15.9 Å². The van der Waals surface area contributed by atoms with Gasteiger partial charge in [0.05, 0.1) is 21.7 Å². The summed E-state index contributed by atoms with van der Waals surface area (Å²) in [6.45, 7) is 0.0242. The summed E-state index contributed by atoms with van der Waals surface area (Å²) in [4.78, 5) is 23.3. The maximum Gasteiger partial charge on any atom is 0.336 e. The highest BCUT2D eigenvalue weighted by molar-refractivity contribution is 7.92. The second-order valence-electron chi connectivity index (χ2n) is 6.27. The lowest BCUT2D eigenvalue weighted by Gasteiger charge is -2.12. The SMILES string of the molecule is O=C(O)c1ccc(NS(=O)(=O)c2cccc(C#Cc3ccon3)c2)c2c1C(=O)NC2. The van der Waals surface area contributed by atoms with Gasteiger partial charge in [-0.15, -0.1) is 0 Å². The number of fused-ring (bicyclic) bond motifs is 1. The number of nitrogens with one attached hydrogen (secondary N) is 2. The molecule has 0 bridgehead atoms. The van der Waals surface area contributed by atoms with Crippen LogP contribution in [0.25, 0.3) is 0 Å². The first kappa shape index (κ1) is 19.2. The van der Waals surface area contributed by atoms with E-state index in [9.17, 15) is 23.1 Å². The van der Waals surface area contributed by atoms with E-state index in [1.807, 2.05) is 0 Å². The molecule has 30 heavy (non-hydrogen) atoms. The Balaban J connectivity index is 1.67. The van der Waals surface area contributed by atoms with Gasteiger partial charge in [0.1, 0.15) is 6.26 Å². The summed E-state index contributed by atoms with van der Waals surface area (Å²) >= 11 is 0. The van der Waals surface area contributed by atoms with Crippen LogP contribution in [0.2, 0.25) is 0 Å². The predicted octanol–water partition coefficient (Wildman–Crippen LogP) is 1.82. The minimum atomic E-state index is -4.02. The summed E-state index contributed by atoms with van der Waals surface area (Å²) < 4.78 is 32.9. The lowest BCUT2D eigenvalue weighted by Crippen LogP contribution is -2.16. The average molecular weight is 423 g/mol. The van der Waals surface area contributed by atoms with E-state index in [1.165, 1.54) is 30.5 Å². The van der Waals surface area contributed by atoms with Gasteiger partial charge < -0.3 is 14.9 Å². The van der Waals surface area contributed by atoms with Crippen LogP contribution in [-0.2, 0) is 16.6 Å². The van der Waals surface area contributed by atoms with Crippen molar-refractivity contribution in [2.24, 2.45) is 0 Å². The molecule has 0 unspecified atom stereocenters. The number of carboxylic acid groups (broad SMARTS) is 1. The number of benzene rings is 2. The number of aromatic nitrogens is 1. The van der Waals surface area contributed by atoms with Gasteiger partial charge in [-0.2, -0.15) is 0 Å². The summed E-state index contributed by atoms with van der Waals surface area (Å²) in [5.74, 6) is 3.73. The summed E-state index contributed by atoms with van der Waals surface area (Å²) in [6.07, 6.45) is 1.38. The van der Waals surface area contributed by atoms with Crippen LogP contribution in [-0.4, -0.2) is 30.6 Å². The van der Waals surface area contributed by atoms with Crippen LogP contribution in [0, 0.1) is 11.8 Å². The van der Waals surface area contributed by atoms with Gasteiger partial charge in [-0.1, -0.05) is 17.1 Å². The number of carbonyl (C=O) groups excluding carboxylic acids is 1. The average Bonchev–Trinajstić information content (AvgIpc) is 3.37. The maximum atomic E-state index is 12.9. The van der Waals surface area contributed by atoms with E-state index in [4.69, 9.17) is 4.52 Å². The van der Waals surface area contributed by atoms with E-state index < -0.39 is 21.9 Å². The molecule has 2 heterocycles. The monoisotopic (exact) mass is 423 g/mol. The third-order valence-corrected chi connectivity index (χ3v) is 5.72. The molecule has 0 spiro atoms. The Labute approximate surface area is 170 Å². The Morgan fingerprint density at radius 3 is 2.77 bits per heavy atom. The molecule has 150 valence electrons. The molecule has 4 rings (SSSR count). The Morgan fingerprint density at radius 1 is 1.20 bits per heavy atom. The van der Waals surface area contributed by atoms with Gasteiger partial charge in [-0.3, -0.25) is 9.52 Å². The number of nitrogens with zero attached hydrogens (tertiary/aromatic N) is 1. The third kappa shape index (κ3) is 3.61. The topological polar surface area (TPSA) is 139 Å². The van der Waals surface area contributed by atoms with Crippen LogP contribution in [0.3, 0.4) is 0 Å². The summed E-state index contributed by atoms with van der Waals surface area (Å²) in [5.41, 5.74) is 1.04. The zero-order chi connectivity index (χ0) is 21.3. The van der Waals surface area contributed by atoms with Crippen LogP contribution in [0.15, 0.2) is 58.1 Å². The second kappa shape index (κ2) is 7.38. The quantitative estimate of drug-likeness (QED) is 0.544. The molecule has 1 aliphatic heterocycles. The minimum absolute atomic E-state index is 0.0242. The molecule has 0 atom stereocenters. The van der Waals surface area contributed by atoms with Gasteiger partial charge in [0.2, 0.25) is 0 Å². The molecule has 0 fully saturated rings. The van der Waals surface area contributed by atoms with Crippen molar-refractivity contribution in [3.05, 3.63) is 76.7 Å². The van der Waals surface area contributed by atoms with Crippen LogP contribution in [0.5, 0.6) is 0 Å². The lowest BCUT2D eigenvalue weighted by molar-refractivity contribution is 0.0692. The van der Waals surface area contributed by atoms with Crippen molar-refractivity contribution >= 4 is 27.6 Å². The molecule has 1 amide bonds. The standard InChI is InChI=1S/C20H13N3O6S/c24-19-18-15(20(25)26)6-7-17(16(18)11-21-19)23-30(27,28)14-3-1-2-12(10-14)4-5-13-8-9-29-22-13/h1-3,6-10,23H,11H2,(H,21,24)(H,25,26). The molecule has 0 radical (unpaired) electrons. The highest BCUT2D eigenvalue weighted by Gasteiger charge is 2.29. The fraction of sp³-hybridized carbons (Fsp3) is 0.0500. The molecule has 1 aromatic heterocycles. The second-order valence-corrected chi connectivity index (χ2v) is 7.95. The molecule has 0 aliphatic carbocycles. The number of carbonyl (C=O) groups is 2. The molecular formula is C20H13N3O6S. The van der Waals surface area contributed by atoms with Crippen LogP contribution in [0.1, 0.15) is 37.5 Å². The molecule has 2 aromatic carbocycles. The first-order chi connectivity index (χ1) is 14.3. The zero-order valence-electron chi connectivity index (χ0n) is 15.2. The Hall–Kier alpha value is -4.10. The van der Waals surface area contributed by atoms with Gasteiger partial charge in [-0.25, -0.2) is 13.2 Å². The third-order valence-electron chi connectivity index (χ3n) is 4.36. The fourth-order valence-corrected chi connectivity index (χ4v) is 4.12. The molecule has 1 aliphatic rings. The van der Waals surface area contributed by atoms with Gasteiger partial charge in [0, 0.05) is 23.7 Å². The van der Waals surface area contributed by atoms with E-state index in [0.717, 1.165) is 0 Å². The molecule has 9 nitrogen and oxygen atoms in total. The van der Waals surface area contributed by atoms with Crippen molar-refractivity contribution < 1.29 is 27.6 Å². The van der Waals surface area contributed by atoms with Crippen molar-refractivity contribution in [3.63, 3.8) is 0 Å². The van der Waals surface area contributed by atoms with Crippen molar-refractivity contribution in [1.29, 1.82) is 0 Å². The van der Waals surface area contributed by atoms with Crippen LogP contribution in [0.4, 0.5) is 5.69 Å². The van der Waals surface area contributed by atoms with Crippen molar-refractivity contribution in [2.45, 2.75) is 11.4 Å². The van der Waals surface area contributed by atoms with E-state index in [-0.39, 0.29) is 33.8 Å². The largest absolute Gasteiger partial charge is 0.478 e. The number of anilines is 1. The Kier molecular flexibility index (Phi) is 4.73. The lowest BCUT2D eigenvalue weighted by atomic mass is 10.0. The minimum Gasteiger partial charge on any atom is -0.478 e. The Bertz CT molecular complexity index is 1330. The van der Waals surface area contributed by atoms with Crippen molar-refractivity contribution in [2.75, 3.05) is 4.72 Å². The smallest absolute Gasteiger partial charge is 0.336 e. The van der Waals surface area contributed by atoms with E-state index in [2.05, 4.69) is 27.0 Å². The first-order valence-electron chi connectivity index (χ1n) is 8.58. The predicted molar refractivity (Wildman–Crippen MR) is 104 cm³/mol. The number of sulfonamides is 1. The highest BCUT2D eigenvalue weighted by Crippen LogP contribution is 2.29. The molecular weight excluding hydrogens is 410 g/mol. The van der Waals surface area contributed by atoms with Crippen LogP contribution < -0.4 is 10.0 Å². The molecule has 3 N–H and O–H groups in total. The molecule has 10 heteroatoms. The van der Waals surface area contributed by atoms with Crippen LogP contribution >= 0.6 is 0 Å². The van der Waals surface area contributed by atoms with Gasteiger partial charge >= 0.3 is 5.97 Å². The zero-order valence-corrected chi connectivity index (χ0v) is 16.0. The van der Waals surface area contributed by atoms with E-state index >= 15 is 0 Å². The van der Waals surface area contributed by atoms with Crippen molar-refractivity contribution in [3.8, 4) is 11.8 Å². The van der Waals surface area contributed by atoms with E-state index in [0.29, 0.717) is 11.3 Å². The number of hydrogen-bond donors (Lipinski definition) is 3. The summed E-state index contributed by atoms with van der Waals surface area (Å²) in [6, 6.07) is 10.1. The first-order valence-corrected chi connectivity index (χ1v) is 10.1. The maximum absolute atomic E-state index is 12.9. The van der Waals surface area contributed by atoms with Gasteiger partial charge in [-0.05, 0) is 36.3 Å². The Morgan fingerprint density at radius 2 is 2.03 bits per heavy atom. The molecule has 0 saturated carbocycles. The summed E-state index contributed by atoms with van der Waals surface area (Å²) in [5, 5.41) is 15.5. The van der Waals surface area contributed by atoms with Crippen molar-refractivity contribution in [1.82, 2.24) is 10.5 Å². The highest BCUT2D eigenvalue weighted by atomic mass is 32.2. The number of hydrogen-bond acceptors (Lipinski definition) is 6. The normalized spacial score (nSPS) is 12.5. The number of amides is 1. The van der Waals surface area contributed by atoms with Gasteiger partial charge in [0.15, 0.2) is 5.69 Å². The number of rotatable bonds is 4. The number of aromatic carboxylic acids is 1. The number of carboxylic acids is 1. The van der Waals surface area contributed by atoms with E-state index in [1.54, 1.807) is 18.2 Å². The molecule has 3 aromatic rings.